The number of imidazole rings is 1. The highest BCUT2D eigenvalue weighted by atomic mass is 16.5. The number of hydrogen-bond acceptors (Lipinski definition) is 5. The molecule has 7 heteroatoms. The number of aromatic amines is 1. The minimum Gasteiger partial charge on any atom is -0.381 e. The van der Waals surface area contributed by atoms with Gasteiger partial charge in [0.15, 0.2) is 0 Å². The molecular formula is C22H31N5O2. The summed E-state index contributed by atoms with van der Waals surface area (Å²) < 4.78 is 7.55. The summed E-state index contributed by atoms with van der Waals surface area (Å²) in [5.41, 5.74) is 2.39. The maximum absolute atomic E-state index is 13.3. The van der Waals surface area contributed by atoms with Crippen molar-refractivity contribution in [1.29, 1.82) is 0 Å². The summed E-state index contributed by atoms with van der Waals surface area (Å²) in [6.45, 7) is 6.52. The van der Waals surface area contributed by atoms with Crippen LogP contribution in [0.15, 0.2) is 29.3 Å². The Hall–Kier alpha value is -1.96. The van der Waals surface area contributed by atoms with E-state index in [1.54, 1.807) is 7.11 Å². The van der Waals surface area contributed by atoms with E-state index >= 15 is 0 Å². The lowest BCUT2D eigenvalue weighted by molar-refractivity contribution is 0.0386. The fourth-order valence-corrected chi connectivity index (χ4v) is 5.48. The normalized spacial score (nSPS) is 25.8. The Kier molecular flexibility index (Phi) is 5.28. The third-order valence-electron chi connectivity index (χ3n) is 6.95. The molecule has 1 N–H and O–H groups in total. The first-order valence-electron chi connectivity index (χ1n) is 10.9. The Morgan fingerprint density at radius 1 is 1.14 bits per heavy atom. The molecule has 0 aromatic carbocycles. The number of fused-ring (bicyclic) bond motifs is 4. The number of likely N-dealkylation sites (tertiary alicyclic amines) is 2. The van der Waals surface area contributed by atoms with Gasteiger partial charge in [-0.05, 0) is 31.2 Å². The molecular weight excluding hydrogens is 366 g/mol. The van der Waals surface area contributed by atoms with E-state index in [0.717, 1.165) is 70.0 Å². The largest absolute Gasteiger partial charge is 0.381 e. The summed E-state index contributed by atoms with van der Waals surface area (Å²) in [5.74, 6) is 2.01. The Bertz CT molecular complexity index is 885. The maximum Gasteiger partial charge on any atom is 0.255 e. The average molecular weight is 398 g/mol. The van der Waals surface area contributed by atoms with Gasteiger partial charge in [-0.1, -0.05) is 6.07 Å². The van der Waals surface area contributed by atoms with Gasteiger partial charge in [-0.15, -0.1) is 0 Å². The van der Waals surface area contributed by atoms with Crippen molar-refractivity contribution in [3.8, 4) is 0 Å². The van der Waals surface area contributed by atoms with Gasteiger partial charge in [-0.3, -0.25) is 14.6 Å². The molecule has 2 aromatic rings. The van der Waals surface area contributed by atoms with Gasteiger partial charge >= 0.3 is 0 Å². The van der Waals surface area contributed by atoms with Gasteiger partial charge in [0.25, 0.3) is 5.56 Å². The Morgan fingerprint density at radius 2 is 2.00 bits per heavy atom. The first-order chi connectivity index (χ1) is 14.2. The third kappa shape index (κ3) is 3.91. The van der Waals surface area contributed by atoms with Crippen LogP contribution in [0, 0.1) is 5.92 Å². The van der Waals surface area contributed by atoms with Crippen LogP contribution in [0.1, 0.15) is 42.3 Å². The first-order valence-corrected chi connectivity index (χ1v) is 10.9. The van der Waals surface area contributed by atoms with Crippen LogP contribution in [-0.4, -0.2) is 63.7 Å². The Balaban J connectivity index is 1.30. The van der Waals surface area contributed by atoms with E-state index in [-0.39, 0.29) is 5.56 Å². The van der Waals surface area contributed by atoms with Gasteiger partial charge in [-0.2, -0.15) is 0 Å². The van der Waals surface area contributed by atoms with Gasteiger partial charge in [0, 0.05) is 75.9 Å². The third-order valence-corrected chi connectivity index (χ3v) is 6.95. The van der Waals surface area contributed by atoms with Crippen LogP contribution < -0.4 is 5.56 Å². The van der Waals surface area contributed by atoms with E-state index in [4.69, 9.17) is 4.74 Å². The first kappa shape index (κ1) is 19.0. The van der Waals surface area contributed by atoms with Crippen molar-refractivity contribution in [3.63, 3.8) is 0 Å². The van der Waals surface area contributed by atoms with Gasteiger partial charge in [0.1, 0.15) is 5.82 Å². The fraction of sp³-hybridized carbons (Fsp3) is 0.636. The number of hydrogen-bond donors (Lipinski definition) is 1. The van der Waals surface area contributed by atoms with Crippen LogP contribution in [0.3, 0.4) is 0 Å². The van der Waals surface area contributed by atoms with Crippen LogP contribution in [0.2, 0.25) is 0 Å². The number of aromatic nitrogens is 3. The molecule has 0 saturated carbocycles. The van der Waals surface area contributed by atoms with Crippen molar-refractivity contribution in [2.75, 3.05) is 33.3 Å². The molecule has 5 heterocycles. The Labute approximate surface area is 171 Å². The molecule has 0 radical (unpaired) electrons. The molecule has 0 aliphatic carbocycles. The maximum atomic E-state index is 13.3. The highest BCUT2D eigenvalue weighted by Gasteiger charge is 2.35. The predicted octanol–water partition coefficient (Wildman–Crippen LogP) is 1.80. The number of nitrogens with zero attached hydrogens (tertiary/aromatic N) is 4. The number of nitrogens with one attached hydrogen (secondary N) is 1. The van der Waals surface area contributed by atoms with E-state index in [0.29, 0.717) is 17.9 Å². The lowest BCUT2D eigenvalue weighted by atomic mass is 9.83. The van der Waals surface area contributed by atoms with Gasteiger partial charge in [0.2, 0.25) is 0 Å². The zero-order valence-electron chi connectivity index (χ0n) is 17.2. The second-order valence-corrected chi connectivity index (χ2v) is 8.94. The van der Waals surface area contributed by atoms with Crippen LogP contribution >= 0.6 is 0 Å². The number of rotatable bonds is 5. The molecule has 2 aromatic heterocycles. The lowest BCUT2D eigenvalue weighted by Crippen LogP contribution is -2.47. The Morgan fingerprint density at radius 3 is 2.76 bits per heavy atom. The van der Waals surface area contributed by atoms with Gasteiger partial charge in [0.05, 0.1) is 12.6 Å². The molecule has 156 valence electrons. The van der Waals surface area contributed by atoms with Crippen molar-refractivity contribution >= 4 is 0 Å². The van der Waals surface area contributed by atoms with Crippen molar-refractivity contribution in [1.82, 2.24) is 24.3 Å². The molecule has 5 rings (SSSR count). The second-order valence-electron chi connectivity index (χ2n) is 8.94. The van der Waals surface area contributed by atoms with E-state index in [9.17, 15) is 4.79 Å². The van der Waals surface area contributed by atoms with Crippen molar-refractivity contribution in [3.05, 3.63) is 52.0 Å². The molecule has 3 aliphatic rings. The number of ether oxygens (including phenoxy) is 1. The average Bonchev–Trinajstić information content (AvgIpc) is 3.24. The molecule has 2 atom stereocenters. The van der Waals surface area contributed by atoms with Crippen molar-refractivity contribution < 1.29 is 4.74 Å². The zero-order valence-corrected chi connectivity index (χ0v) is 17.2. The lowest BCUT2D eigenvalue weighted by Gasteiger charge is -2.42. The monoisotopic (exact) mass is 397 g/mol. The summed E-state index contributed by atoms with van der Waals surface area (Å²) >= 11 is 0. The van der Waals surface area contributed by atoms with Crippen LogP contribution in [0.25, 0.3) is 0 Å². The minimum atomic E-state index is 0.227. The topological polar surface area (TPSA) is 66.4 Å². The molecule has 0 spiro atoms. The van der Waals surface area contributed by atoms with E-state index in [2.05, 4.69) is 36.5 Å². The summed E-state index contributed by atoms with van der Waals surface area (Å²) in [6, 6.07) is 4.30. The van der Waals surface area contributed by atoms with Crippen molar-refractivity contribution in [2.45, 2.75) is 50.9 Å². The van der Waals surface area contributed by atoms with E-state index in [1.165, 1.54) is 12.1 Å². The smallest absolute Gasteiger partial charge is 0.255 e. The molecule has 29 heavy (non-hydrogen) atoms. The van der Waals surface area contributed by atoms with Gasteiger partial charge < -0.3 is 14.3 Å². The SMILES string of the molecule is COC1CCN(Cc2ccc3n(c2=O)C[C@H]2C[C@@H]3CN(Cc3ncc[nH]3)C2)CC1. The minimum absolute atomic E-state index is 0.227. The number of piperidine rings is 2. The van der Waals surface area contributed by atoms with Crippen LogP contribution in [-0.2, 0) is 24.4 Å². The summed E-state index contributed by atoms with van der Waals surface area (Å²) in [5, 5.41) is 0. The van der Waals surface area contributed by atoms with Crippen LogP contribution in [0.4, 0.5) is 0 Å². The fourth-order valence-electron chi connectivity index (χ4n) is 5.48. The van der Waals surface area contributed by atoms with Gasteiger partial charge in [-0.25, -0.2) is 4.98 Å². The van der Waals surface area contributed by atoms with Crippen molar-refractivity contribution in [2.24, 2.45) is 5.92 Å². The predicted molar refractivity (Wildman–Crippen MR) is 111 cm³/mol. The molecule has 2 bridgehead atoms. The number of H-pyrrole nitrogens is 1. The quantitative estimate of drug-likeness (QED) is 0.833. The van der Waals surface area contributed by atoms with E-state index < -0.39 is 0 Å². The molecule has 3 aliphatic heterocycles. The summed E-state index contributed by atoms with van der Waals surface area (Å²) in [6.07, 6.45) is 7.37. The second kappa shape index (κ2) is 8.05. The van der Waals surface area contributed by atoms with E-state index in [1.807, 2.05) is 12.4 Å². The summed E-state index contributed by atoms with van der Waals surface area (Å²) in [4.78, 5) is 25.7. The summed E-state index contributed by atoms with van der Waals surface area (Å²) in [7, 11) is 1.79. The van der Waals surface area contributed by atoms with Crippen LogP contribution in [0.5, 0.6) is 0 Å². The standard InChI is InChI=1S/C22H31N5O2/c1-29-19-4-8-25(9-5-19)13-17-2-3-20-18-10-16(12-27(20)22(17)28)11-26(14-18)15-21-23-6-7-24-21/h2-3,6-7,16,18-19H,4-5,8-15H2,1H3,(H,23,24)/t16-,18+/m0/s1. The molecule has 2 saturated heterocycles. The molecule has 7 nitrogen and oxygen atoms in total. The zero-order chi connectivity index (χ0) is 19.8. The highest BCUT2D eigenvalue weighted by Crippen LogP contribution is 2.35. The molecule has 0 unspecified atom stereocenters. The molecule has 0 amide bonds. The molecule has 2 fully saturated rings. The highest BCUT2D eigenvalue weighted by molar-refractivity contribution is 5.22. The number of pyridine rings is 1. The number of methoxy groups -OCH3 is 1.